The lowest BCUT2D eigenvalue weighted by atomic mass is 10.1. The number of hydrogen-bond donors (Lipinski definition) is 0. The molecule has 0 spiro atoms. The van der Waals surface area contributed by atoms with E-state index in [1.54, 1.807) is 20.3 Å². The van der Waals surface area contributed by atoms with Crippen molar-refractivity contribution in [3.63, 3.8) is 0 Å². The molecule has 0 aliphatic carbocycles. The first-order valence-corrected chi connectivity index (χ1v) is 9.66. The zero-order valence-corrected chi connectivity index (χ0v) is 18.5. The van der Waals surface area contributed by atoms with E-state index in [1.165, 1.54) is 12.1 Å². The van der Waals surface area contributed by atoms with Gasteiger partial charge < -0.3 is 14.4 Å². The molecule has 1 saturated heterocycles. The molecular weight excluding hydrogens is 473 g/mol. The normalized spacial score (nSPS) is 15.0. The van der Waals surface area contributed by atoms with Gasteiger partial charge in [0.05, 0.1) is 19.8 Å². The van der Waals surface area contributed by atoms with Gasteiger partial charge in [-0.25, -0.2) is 0 Å². The van der Waals surface area contributed by atoms with Crippen LogP contribution in [0.15, 0.2) is 40.9 Å². The van der Waals surface area contributed by atoms with Gasteiger partial charge in [-0.3, -0.25) is 4.90 Å². The fraction of sp³-hybridized carbons (Fsp3) is 0.400. The molecule has 4 nitrogen and oxygen atoms in total. The molecule has 1 heterocycles. The Bertz CT molecular complexity index is 828. The average molecular weight is 496 g/mol. The first-order valence-electron chi connectivity index (χ1n) is 8.87. The smallest absolute Gasteiger partial charge is 0.416 e. The Morgan fingerprint density at radius 1 is 0.966 bits per heavy atom. The summed E-state index contributed by atoms with van der Waals surface area (Å²) in [5.41, 5.74) is 1.08. The van der Waals surface area contributed by atoms with Gasteiger partial charge >= 0.3 is 6.18 Å². The number of piperazine rings is 1. The van der Waals surface area contributed by atoms with Crippen LogP contribution in [0, 0.1) is 0 Å². The Balaban J connectivity index is 0.00000300. The summed E-state index contributed by atoms with van der Waals surface area (Å²) in [6, 6.07) is 9.35. The molecule has 0 N–H and O–H groups in total. The van der Waals surface area contributed by atoms with E-state index >= 15 is 0 Å². The van der Waals surface area contributed by atoms with Crippen LogP contribution >= 0.6 is 28.3 Å². The molecule has 9 heteroatoms. The van der Waals surface area contributed by atoms with E-state index in [4.69, 9.17) is 9.47 Å². The molecule has 1 fully saturated rings. The third kappa shape index (κ3) is 5.71. The minimum absolute atomic E-state index is 0. The fourth-order valence-electron chi connectivity index (χ4n) is 3.30. The van der Waals surface area contributed by atoms with Crippen LogP contribution in [0.2, 0.25) is 0 Å². The lowest BCUT2D eigenvalue weighted by Crippen LogP contribution is -2.46. The summed E-state index contributed by atoms with van der Waals surface area (Å²) < 4.78 is 50.4. The molecule has 0 aromatic heterocycles. The summed E-state index contributed by atoms with van der Waals surface area (Å²) >= 11 is 3.57. The first-order chi connectivity index (χ1) is 13.3. The average Bonchev–Trinajstić information content (AvgIpc) is 2.69. The molecule has 160 valence electrons. The predicted molar refractivity (Wildman–Crippen MR) is 113 cm³/mol. The van der Waals surface area contributed by atoms with Gasteiger partial charge in [0.2, 0.25) is 0 Å². The van der Waals surface area contributed by atoms with Gasteiger partial charge in [0.25, 0.3) is 0 Å². The highest BCUT2D eigenvalue weighted by Crippen LogP contribution is 2.34. The highest BCUT2D eigenvalue weighted by molar-refractivity contribution is 9.10. The SMILES string of the molecule is COc1cc(Br)c(CN2CCN(c3cccc(C(F)(F)F)c3)CC2)cc1OC.Cl. The van der Waals surface area contributed by atoms with Crippen LogP contribution in [-0.2, 0) is 12.7 Å². The van der Waals surface area contributed by atoms with Crippen LogP contribution in [-0.4, -0.2) is 45.3 Å². The number of benzene rings is 2. The molecule has 29 heavy (non-hydrogen) atoms. The molecule has 0 atom stereocenters. The second-order valence-electron chi connectivity index (χ2n) is 6.61. The van der Waals surface area contributed by atoms with Crippen molar-refractivity contribution in [3.05, 3.63) is 52.0 Å². The summed E-state index contributed by atoms with van der Waals surface area (Å²) in [7, 11) is 3.19. The maximum atomic E-state index is 12.9. The molecule has 2 aromatic rings. The maximum Gasteiger partial charge on any atom is 0.416 e. The highest BCUT2D eigenvalue weighted by Gasteiger charge is 2.31. The van der Waals surface area contributed by atoms with Crippen molar-refractivity contribution in [2.24, 2.45) is 0 Å². The van der Waals surface area contributed by atoms with E-state index in [2.05, 4.69) is 20.8 Å². The van der Waals surface area contributed by atoms with Gasteiger partial charge in [-0.15, -0.1) is 12.4 Å². The second kappa shape index (κ2) is 9.91. The van der Waals surface area contributed by atoms with Crippen molar-refractivity contribution in [2.45, 2.75) is 12.7 Å². The number of methoxy groups -OCH3 is 2. The van der Waals surface area contributed by atoms with E-state index in [9.17, 15) is 13.2 Å². The third-order valence-corrected chi connectivity index (χ3v) is 5.60. The number of ether oxygens (including phenoxy) is 2. The molecule has 0 bridgehead atoms. The summed E-state index contributed by atoms with van der Waals surface area (Å²) in [5.74, 6) is 1.33. The minimum Gasteiger partial charge on any atom is -0.493 e. The van der Waals surface area contributed by atoms with Gasteiger partial charge in [0, 0.05) is 42.9 Å². The number of rotatable bonds is 5. The Morgan fingerprint density at radius 3 is 2.17 bits per heavy atom. The number of hydrogen-bond acceptors (Lipinski definition) is 4. The van der Waals surface area contributed by atoms with Crippen LogP contribution in [0.25, 0.3) is 0 Å². The lowest BCUT2D eigenvalue weighted by molar-refractivity contribution is -0.137. The highest BCUT2D eigenvalue weighted by atomic mass is 79.9. The molecule has 2 aromatic carbocycles. The molecule has 0 radical (unpaired) electrons. The fourth-order valence-corrected chi connectivity index (χ4v) is 3.75. The molecule has 1 aliphatic heterocycles. The molecule has 0 amide bonds. The van der Waals surface area contributed by atoms with Crippen LogP contribution in [0.3, 0.4) is 0 Å². The van der Waals surface area contributed by atoms with Crippen molar-refractivity contribution in [2.75, 3.05) is 45.3 Å². The Hall–Kier alpha value is -1.64. The summed E-state index contributed by atoms with van der Waals surface area (Å²) in [6.07, 6.45) is -4.32. The van der Waals surface area contributed by atoms with Gasteiger partial charge in [-0.05, 0) is 35.9 Å². The lowest BCUT2D eigenvalue weighted by Gasteiger charge is -2.36. The van der Waals surface area contributed by atoms with E-state index in [0.717, 1.165) is 35.7 Å². The van der Waals surface area contributed by atoms with Crippen molar-refractivity contribution >= 4 is 34.0 Å². The van der Waals surface area contributed by atoms with Crippen LogP contribution in [0.4, 0.5) is 18.9 Å². The molecule has 3 rings (SSSR count). The second-order valence-corrected chi connectivity index (χ2v) is 7.46. The van der Waals surface area contributed by atoms with Gasteiger partial charge in [-0.2, -0.15) is 13.2 Å². The number of anilines is 1. The largest absolute Gasteiger partial charge is 0.493 e. The van der Waals surface area contributed by atoms with Crippen molar-refractivity contribution in [1.82, 2.24) is 4.90 Å². The predicted octanol–water partition coefficient (Wildman–Crippen LogP) is 5.23. The van der Waals surface area contributed by atoms with E-state index < -0.39 is 11.7 Å². The van der Waals surface area contributed by atoms with E-state index in [1.807, 2.05) is 17.0 Å². The minimum atomic E-state index is -4.32. The van der Waals surface area contributed by atoms with Gasteiger partial charge in [0.15, 0.2) is 11.5 Å². The monoisotopic (exact) mass is 494 g/mol. The van der Waals surface area contributed by atoms with Gasteiger partial charge in [-0.1, -0.05) is 22.0 Å². The topological polar surface area (TPSA) is 24.9 Å². The number of nitrogens with zero attached hydrogens (tertiary/aromatic N) is 2. The zero-order valence-electron chi connectivity index (χ0n) is 16.1. The van der Waals surface area contributed by atoms with Crippen molar-refractivity contribution < 1.29 is 22.6 Å². The Labute approximate surface area is 183 Å². The number of alkyl halides is 3. The third-order valence-electron chi connectivity index (χ3n) is 4.86. The Morgan fingerprint density at radius 2 is 1.59 bits per heavy atom. The van der Waals surface area contributed by atoms with Crippen LogP contribution in [0.1, 0.15) is 11.1 Å². The standard InChI is InChI=1S/C20H22BrF3N2O2.ClH/c1-27-18-10-14(17(21)12-19(18)28-2)13-25-6-8-26(9-7-25)16-5-3-4-15(11-16)20(22,23)24;/h3-5,10-12H,6-9,13H2,1-2H3;1H. The zero-order chi connectivity index (χ0) is 20.3. The molecule has 0 saturated carbocycles. The summed E-state index contributed by atoms with van der Waals surface area (Å²) in [4.78, 5) is 4.27. The molecule has 0 unspecified atom stereocenters. The number of halogens is 5. The van der Waals surface area contributed by atoms with Crippen molar-refractivity contribution in [3.8, 4) is 11.5 Å². The maximum absolute atomic E-state index is 12.9. The van der Waals surface area contributed by atoms with Crippen LogP contribution < -0.4 is 14.4 Å². The van der Waals surface area contributed by atoms with Gasteiger partial charge in [0.1, 0.15) is 0 Å². The summed E-state index contributed by atoms with van der Waals surface area (Å²) in [6.45, 7) is 3.59. The van der Waals surface area contributed by atoms with Crippen molar-refractivity contribution in [1.29, 1.82) is 0 Å². The summed E-state index contributed by atoms with van der Waals surface area (Å²) in [5, 5.41) is 0. The Kier molecular flexibility index (Phi) is 8.08. The quantitative estimate of drug-likeness (QED) is 0.567. The molecule has 1 aliphatic rings. The first kappa shape index (κ1) is 23.6. The van der Waals surface area contributed by atoms with E-state index in [-0.39, 0.29) is 12.4 Å². The van der Waals surface area contributed by atoms with Crippen LogP contribution in [0.5, 0.6) is 11.5 Å². The van der Waals surface area contributed by atoms with E-state index in [0.29, 0.717) is 30.3 Å². The molecular formula is C20H23BrClF3N2O2.